The lowest BCUT2D eigenvalue weighted by atomic mass is 10.5. The minimum Gasteiger partial charge on any atom is -0.174 e. The van der Waals surface area contributed by atoms with Crippen LogP contribution in [-0.2, 0) is 0 Å². The average Bonchev–Trinajstić information content (AvgIpc) is 2.52. The molecule has 1 heteroatoms. The molecule has 0 aromatic heterocycles. The topological polar surface area (TPSA) is 0 Å². The van der Waals surface area contributed by atoms with Crippen LogP contribution in [0.25, 0.3) is 0 Å². The lowest BCUT2D eigenvalue weighted by Crippen LogP contribution is -2.27. The third-order valence-corrected chi connectivity index (χ3v) is 1.57. The molecular formula is C22H8N+. The van der Waals surface area contributed by atoms with Crippen molar-refractivity contribution >= 4 is 0 Å². The van der Waals surface area contributed by atoms with Gasteiger partial charge in [0.2, 0.25) is 0 Å². The first-order chi connectivity index (χ1) is 11.1. The van der Waals surface area contributed by atoms with Gasteiger partial charge in [-0.2, -0.15) is 4.48 Å². The highest BCUT2D eigenvalue weighted by molar-refractivity contribution is 5.42. The fourth-order valence-electron chi connectivity index (χ4n) is 0.748. The quantitative estimate of drug-likeness (QED) is 0.443. The molecule has 0 N–H and O–H groups in total. The van der Waals surface area contributed by atoms with Gasteiger partial charge in [-0.25, -0.2) is 0 Å². The van der Waals surface area contributed by atoms with Crippen molar-refractivity contribution in [1.82, 2.24) is 0 Å². The van der Waals surface area contributed by atoms with Crippen molar-refractivity contribution in [2.45, 2.75) is 0 Å². The molecule has 0 aliphatic carbocycles. The lowest BCUT2D eigenvalue weighted by molar-refractivity contribution is -0.748. The second-order valence-corrected chi connectivity index (χ2v) is 3.72. The van der Waals surface area contributed by atoms with Crippen molar-refractivity contribution in [3.8, 4) is 120 Å². The molecule has 0 unspecified atom stereocenters. The zero-order chi connectivity index (χ0) is 17.2. The van der Waals surface area contributed by atoms with Crippen LogP contribution in [0.1, 0.15) is 0 Å². The van der Waals surface area contributed by atoms with E-state index in [0.717, 1.165) is 0 Å². The van der Waals surface area contributed by atoms with Crippen LogP contribution in [0.3, 0.4) is 0 Å². The van der Waals surface area contributed by atoms with Crippen LogP contribution in [0.2, 0.25) is 0 Å². The predicted molar refractivity (Wildman–Crippen MR) is 92.0 cm³/mol. The summed E-state index contributed by atoms with van der Waals surface area (Å²) in [7, 11) is 3.58. The summed E-state index contributed by atoms with van der Waals surface area (Å²) in [6.07, 6.45) is 9.86. The number of quaternary nitrogens is 1. The molecule has 0 aromatic carbocycles. The van der Waals surface area contributed by atoms with Crippen molar-refractivity contribution < 1.29 is 4.48 Å². The molecule has 0 saturated carbocycles. The number of terminal acetylenes is 2. The van der Waals surface area contributed by atoms with Crippen LogP contribution in [0.4, 0.5) is 0 Å². The molecule has 0 atom stereocenters. The molecule has 0 saturated heterocycles. The summed E-state index contributed by atoms with van der Waals surface area (Å²) in [5.74, 6) is 39.3. The number of hydrogen-bond acceptors (Lipinski definition) is 0. The Morgan fingerprint density at radius 1 is 0.435 bits per heavy atom. The van der Waals surface area contributed by atoms with E-state index in [0.29, 0.717) is 0 Å². The minimum atomic E-state index is 0.109. The highest BCUT2D eigenvalue weighted by Crippen LogP contribution is 1.88. The molecule has 0 aliphatic rings. The fraction of sp³-hybridized carbons (Fsp3) is 0.0909. The lowest BCUT2D eigenvalue weighted by Gasteiger charge is -2.08. The number of hydrogen-bond donors (Lipinski definition) is 0. The van der Waals surface area contributed by atoms with Gasteiger partial charge in [0.05, 0.1) is 25.9 Å². The molecule has 1 nitrogen and oxygen atoms in total. The van der Waals surface area contributed by atoms with Gasteiger partial charge < -0.3 is 0 Å². The van der Waals surface area contributed by atoms with Gasteiger partial charge >= 0.3 is 0 Å². The van der Waals surface area contributed by atoms with Crippen LogP contribution in [0.15, 0.2) is 0 Å². The maximum atomic E-state index is 4.93. The molecular weight excluding hydrogens is 278 g/mol. The molecule has 0 bridgehead atoms. The Hall–Kier alpha value is -4.44. The Labute approximate surface area is 138 Å². The molecule has 100 valence electrons. The van der Waals surface area contributed by atoms with Crippen molar-refractivity contribution in [2.24, 2.45) is 0 Å². The molecule has 0 rings (SSSR count). The fourth-order valence-corrected chi connectivity index (χ4v) is 0.748. The standard InChI is InChI=1S/C22H8N/c1-5-7-9-11-13-15-17-19-21-23(3,4)22-20-18-16-14-12-10-8-6-2/h1-2H,3-4H3/q+1. The van der Waals surface area contributed by atoms with Gasteiger partial charge in [0.25, 0.3) is 0 Å². The van der Waals surface area contributed by atoms with E-state index in [-0.39, 0.29) is 4.48 Å². The van der Waals surface area contributed by atoms with E-state index in [9.17, 15) is 0 Å². The molecule has 0 radical (unpaired) electrons. The zero-order valence-electron chi connectivity index (χ0n) is 12.6. The van der Waals surface area contributed by atoms with Gasteiger partial charge in [-0.05, 0) is 47.4 Å². The Morgan fingerprint density at radius 2 is 0.696 bits per heavy atom. The van der Waals surface area contributed by atoms with Gasteiger partial charge in [-0.1, -0.05) is 0 Å². The van der Waals surface area contributed by atoms with Gasteiger partial charge in [0.1, 0.15) is 0 Å². The van der Waals surface area contributed by atoms with Gasteiger partial charge in [0, 0.05) is 35.5 Å². The molecule has 0 spiro atoms. The molecule has 0 aromatic rings. The maximum Gasteiger partial charge on any atom is 0.165 e. The molecule has 0 heterocycles. The van der Waals surface area contributed by atoms with Crippen molar-refractivity contribution in [3.63, 3.8) is 0 Å². The van der Waals surface area contributed by atoms with Crippen LogP contribution >= 0.6 is 0 Å². The van der Waals surface area contributed by atoms with Crippen LogP contribution in [0.5, 0.6) is 0 Å². The number of rotatable bonds is 0. The smallest absolute Gasteiger partial charge is 0.165 e. The highest BCUT2D eigenvalue weighted by Gasteiger charge is 2.06. The summed E-state index contributed by atoms with van der Waals surface area (Å²) < 4.78 is 0.109. The number of nitrogens with zero attached hydrogens (tertiary/aromatic N) is 1. The van der Waals surface area contributed by atoms with E-state index in [1.807, 2.05) is 0 Å². The van der Waals surface area contributed by atoms with Gasteiger partial charge in [-0.3, -0.25) is 0 Å². The second-order valence-electron chi connectivity index (χ2n) is 3.72. The van der Waals surface area contributed by atoms with Crippen molar-refractivity contribution in [3.05, 3.63) is 0 Å². The van der Waals surface area contributed by atoms with E-state index in [1.165, 1.54) is 0 Å². The largest absolute Gasteiger partial charge is 0.174 e. The third-order valence-electron chi connectivity index (χ3n) is 1.57. The van der Waals surface area contributed by atoms with E-state index in [2.05, 4.69) is 107 Å². The van der Waals surface area contributed by atoms with Gasteiger partial charge in [-0.15, -0.1) is 12.8 Å². The van der Waals surface area contributed by atoms with E-state index < -0.39 is 0 Å². The summed E-state index contributed by atoms with van der Waals surface area (Å²) in [6, 6.07) is 5.67. The SMILES string of the molecule is C#CC#CC#CC#CC#C[N+](C)(C)C#CC#CC#CC#CC#C. The van der Waals surface area contributed by atoms with Crippen molar-refractivity contribution in [2.75, 3.05) is 14.1 Å². The minimum absolute atomic E-state index is 0.109. The molecule has 0 aliphatic heterocycles. The average molecular weight is 286 g/mol. The first-order valence-corrected chi connectivity index (χ1v) is 5.92. The normalized spacial score (nSPS) is 5.57. The monoisotopic (exact) mass is 286 g/mol. The summed E-state index contributed by atoms with van der Waals surface area (Å²) in [5, 5.41) is 0. The first kappa shape index (κ1) is 18.6. The van der Waals surface area contributed by atoms with Crippen LogP contribution < -0.4 is 0 Å². The molecule has 23 heavy (non-hydrogen) atoms. The maximum absolute atomic E-state index is 4.93. The third kappa shape index (κ3) is 13.8. The Bertz CT molecular complexity index is 949. The summed E-state index contributed by atoms with van der Waals surface area (Å²) in [4.78, 5) is 0. The Kier molecular flexibility index (Phi) is 10.2. The van der Waals surface area contributed by atoms with E-state index in [1.54, 1.807) is 14.1 Å². The van der Waals surface area contributed by atoms with Crippen LogP contribution in [0, 0.1) is 120 Å². The van der Waals surface area contributed by atoms with Crippen LogP contribution in [-0.4, -0.2) is 18.6 Å². The summed E-state index contributed by atoms with van der Waals surface area (Å²) >= 11 is 0. The highest BCUT2D eigenvalue weighted by atomic mass is 15.3. The molecule has 0 fully saturated rings. The first-order valence-electron chi connectivity index (χ1n) is 5.92. The Balaban J connectivity index is 4.76. The van der Waals surface area contributed by atoms with E-state index in [4.69, 9.17) is 12.8 Å². The Morgan fingerprint density at radius 3 is 1.00 bits per heavy atom. The van der Waals surface area contributed by atoms with E-state index >= 15 is 0 Å². The zero-order valence-corrected chi connectivity index (χ0v) is 12.6. The van der Waals surface area contributed by atoms with Gasteiger partial charge in [0.15, 0.2) is 12.1 Å². The summed E-state index contributed by atoms with van der Waals surface area (Å²) in [6.45, 7) is 0. The summed E-state index contributed by atoms with van der Waals surface area (Å²) in [5.41, 5.74) is 0. The second kappa shape index (κ2) is 12.6. The predicted octanol–water partition coefficient (Wildman–Crippen LogP) is 0.271. The van der Waals surface area contributed by atoms with Crippen molar-refractivity contribution in [1.29, 1.82) is 0 Å². The molecule has 0 amide bonds.